The summed E-state index contributed by atoms with van der Waals surface area (Å²) in [5.74, 6) is -4.38. The van der Waals surface area contributed by atoms with Gasteiger partial charge in [-0.05, 0) is 30.2 Å². The largest absolute Gasteiger partial charge is 0.493 e. The lowest BCUT2D eigenvalue weighted by molar-refractivity contribution is 0.223. The van der Waals surface area contributed by atoms with Crippen LogP contribution in [0, 0.1) is 23.4 Å². The number of ether oxygens (including phenoxy) is 1. The maximum atomic E-state index is 13.7. The second kappa shape index (κ2) is 6.45. The van der Waals surface area contributed by atoms with Crippen LogP contribution in [-0.2, 0) is 16.4 Å². The molecule has 2 aromatic rings. The molecule has 0 bridgehead atoms. The second-order valence-corrected chi connectivity index (χ2v) is 7.25. The molecule has 0 aliphatic carbocycles. The van der Waals surface area contributed by atoms with Crippen LogP contribution in [-0.4, -0.2) is 21.6 Å². The Morgan fingerprint density at radius 1 is 1.08 bits per heavy atom. The zero-order valence-electron chi connectivity index (χ0n) is 12.4. The molecular weight excluding hydrogens is 343 g/mol. The summed E-state index contributed by atoms with van der Waals surface area (Å²) in [5, 5.41) is 0. The predicted octanol–water partition coefficient (Wildman–Crippen LogP) is 2.63. The molecule has 0 amide bonds. The van der Waals surface area contributed by atoms with E-state index < -0.39 is 32.4 Å². The zero-order valence-corrected chi connectivity index (χ0v) is 13.2. The van der Waals surface area contributed by atoms with Gasteiger partial charge in [0.05, 0.1) is 6.61 Å². The van der Waals surface area contributed by atoms with Crippen molar-refractivity contribution in [3.63, 3.8) is 0 Å². The predicted molar refractivity (Wildman–Crippen MR) is 80.6 cm³/mol. The number of benzene rings is 2. The van der Waals surface area contributed by atoms with Crippen molar-refractivity contribution in [2.45, 2.75) is 11.3 Å². The van der Waals surface area contributed by atoms with Crippen molar-refractivity contribution >= 4 is 10.0 Å². The van der Waals surface area contributed by atoms with Crippen molar-refractivity contribution in [3.05, 3.63) is 59.4 Å². The summed E-state index contributed by atoms with van der Waals surface area (Å²) >= 11 is 0. The van der Waals surface area contributed by atoms with Crippen LogP contribution in [0.2, 0.25) is 0 Å². The van der Waals surface area contributed by atoms with Gasteiger partial charge in [-0.25, -0.2) is 26.3 Å². The van der Waals surface area contributed by atoms with Crippen LogP contribution in [0.5, 0.6) is 5.75 Å². The number of sulfonamides is 1. The molecule has 2 aromatic carbocycles. The van der Waals surface area contributed by atoms with Gasteiger partial charge in [0.15, 0.2) is 17.5 Å². The lowest BCUT2D eigenvalue weighted by Gasteiger charge is -2.25. The number of hydrogen-bond acceptors (Lipinski definition) is 3. The molecule has 8 heteroatoms. The Balaban J connectivity index is 1.72. The highest BCUT2D eigenvalue weighted by atomic mass is 32.2. The van der Waals surface area contributed by atoms with Crippen LogP contribution in [0.3, 0.4) is 0 Å². The van der Waals surface area contributed by atoms with E-state index in [1.807, 2.05) is 24.3 Å². The fraction of sp³-hybridized carbons (Fsp3) is 0.250. The molecule has 1 heterocycles. The molecule has 3 rings (SSSR count). The highest BCUT2D eigenvalue weighted by Crippen LogP contribution is 2.27. The summed E-state index contributed by atoms with van der Waals surface area (Å²) in [5.41, 5.74) is 0.951. The van der Waals surface area contributed by atoms with Gasteiger partial charge in [-0.3, -0.25) is 0 Å². The first kappa shape index (κ1) is 16.8. The van der Waals surface area contributed by atoms with E-state index in [9.17, 15) is 21.6 Å². The smallest absolute Gasteiger partial charge is 0.243 e. The Hall–Kier alpha value is -2.06. The van der Waals surface area contributed by atoms with Crippen LogP contribution in [0.1, 0.15) is 5.56 Å². The lowest BCUT2D eigenvalue weighted by Crippen LogP contribution is -2.35. The minimum absolute atomic E-state index is 0.00486. The first-order valence-electron chi connectivity index (χ1n) is 7.22. The van der Waals surface area contributed by atoms with Crippen LogP contribution in [0.4, 0.5) is 13.2 Å². The molecule has 24 heavy (non-hydrogen) atoms. The standard InChI is InChI=1S/C16H14F3NO3S/c17-12-5-6-14(16(19)15(12)18)24(21,22)20-8-10-7-11-3-1-2-4-13(11)23-9-10/h1-6,10,20H,7-9H2. The molecule has 0 saturated heterocycles. The SMILES string of the molecule is O=S(=O)(NCC1COc2ccccc2C1)c1ccc(F)c(F)c1F. The van der Waals surface area contributed by atoms with Gasteiger partial charge in [0.1, 0.15) is 10.6 Å². The number of para-hydroxylation sites is 1. The van der Waals surface area contributed by atoms with Gasteiger partial charge in [0, 0.05) is 12.5 Å². The summed E-state index contributed by atoms with van der Waals surface area (Å²) in [6, 6.07) is 8.67. The molecule has 0 spiro atoms. The highest BCUT2D eigenvalue weighted by Gasteiger charge is 2.26. The average Bonchev–Trinajstić information content (AvgIpc) is 2.57. The summed E-state index contributed by atoms with van der Waals surface area (Å²) in [4.78, 5) is -0.918. The molecule has 128 valence electrons. The number of rotatable bonds is 4. The summed E-state index contributed by atoms with van der Waals surface area (Å²) in [7, 11) is -4.29. The van der Waals surface area contributed by atoms with Gasteiger partial charge < -0.3 is 4.74 Å². The molecule has 4 nitrogen and oxygen atoms in total. The lowest BCUT2D eigenvalue weighted by atomic mass is 9.97. The fourth-order valence-corrected chi connectivity index (χ4v) is 3.73. The van der Waals surface area contributed by atoms with E-state index in [2.05, 4.69) is 4.72 Å². The van der Waals surface area contributed by atoms with E-state index in [-0.39, 0.29) is 12.5 Å². The maximum Gasteiger partial charge on any atom is 0.243 e. The van der Waals surface area contributed by atoms with Gasteiger partial charge in [0.2, 0.25) is 10.0 Å². The molecule has 1 unspecified atom stereocenters. The molecule has 1 atom stereocenters. The molecule has 0 fully saturated rings. The van der Waals surface area contributed by atoms with Crippen LogP contribution < -0.4 is 9.46 Å². The molecule has 0 radical (unpaired) electrons. The Labute approximate surface area is 137 Å². The Bertz CT molecular complexity index is 871. The molecule has 1 aliphatic heterocycles. The second-order valence-electron chi connectivity index (χ2n) is 5.51. The van der Waals surface area contributed by atoms with E-state index in [4.69, 9.17) is 4.74 Å². The molecule has 0 aromatic heterocycles. The minimum Gasteiger partial charge on any atom is -0.493 e. The maximum absolute atomic E-state index is 13.7. The number of halogens is 3. The van der Waals surface area contributed by atoms with Gasteiger partial charge >= 0.3 is 0 Å². The van der Waals surface area contributed by atoms with Gasteiger partial charge in [0.25, 0.3) is 0 Å². The normalized spacial score (nSPS) is 17.2. The van der Waals surface area contributed by atoms with E-state index in [1.54, 1.807) is 0 Å². The fourth-order valence-electron chi connectivity index (χ4n) is 2.54. The number of fused-ring (bicyclic) bond motifs is 1. The van der Waals surface area contributed by atoms with Crippen molar-refractivity contribution in [3.8, 4) is 5.75 Å². The van der Waals surface area contributed by atoms with Crippen molar-refractivity contribution in [2.75, 3.05) is 13.2 Å². The first-order valence-corrected chi connectivity index (χ1v) is 8.70. The van der Waals surface area contributed by atoms with Crippen molar-refractivity contribution in [1.82, 2.24) is 4.72 Å². The van der Waals surface area contributed by atoms with Gasteiger partial charge in [-0.1, -0.05) is 18.2 Å². The first-order chi connectivity index (χ1) is 11.4. The van der Waals surface area contributed by atoms with Crippen molar-refractivity contribution in [1.29, 1.82) is 0 Å². The number of hydrogen-bond donors (Lipinski definition) is 1. The van der Waals surface area contributed by atoms with E-state index in [1.165, 1.54) is 0 Å². The third kappa shape index (κ3) is 3.25. The Morgan fingerprint density at radius 2 is 1.83 bits per heavy atom. The molecule has 1 aliphatic rings. The Morgan fingerprint density at radius 3 is 2.62 bits per heavy atom. The third-order valence-corrected chi connectivity index (χ3v) is 5.25. The summed E-state index contributed by atoms with van der Waals surface area (Å²) in [6.07, 6.45) is 0.596. The van der Waals surface area contributed by atoms with Crippen molar-refractivity contribution in [2.24, 2.45) is 5.92 Å². The summed E-state index contributed by atoms with van der Waals surface area (Å²) in [6.45, 7) is 0.300. The number of nitrogens with one attached hydrogen (secondary N) is 1. The third-order valence-electron chi connectivity index (χ3n) is 3.81. The quantitative estimate of drug-likeness (QED) is 0.856. The average molecular weight is 357 g/mol. The van der Waals surface area contributed by atoms with Gasteiger partial charge in [-0.2, -0.15) is 0 Å². The highest BCUT2D eigenvalue weighted by molar-refractivity contribution is 7.89. The van der Waals surface area contributed by atoms with Crippen molar-refractivity contribution < 1.29 is 26.3 Å². The Kier molecular flexibility index (Phi) is 4.51. The summed E-state index contributed by atoms with van der Waals surface area (Å²) < 4.78 is 71.8. The monoisotopic (exact) mass is 357 g/mol. The van der Waals surface area contributed by atoms with Gasteiger partial charge in [-0.15, -0.1) is 0 Å². The molecular formula is C16H14F3NO3S. The van der Waals surface area contributed by atoms with E-state index in [0.29, 0.717) is 25.2 Å². The molecule has 1 N–H and O–H groups in total. The topological polar surface area (TPSA) is 55.4 Å². The minimum atomic E-state index is -4.29. The molecule has 0 saturated carbocycles. The van der Waals surface area contributed by atoms with E-state index >= 15 is 0 Å². The van der Waals surface area contributed by atoms with Crippen LogP contribution in [0.15, 0.2) is 41.3 Å². The van der Waals surface area contributed by atoms with Crippen LogP contribution in [0.25, 0.3) is 0 Å². The van der Waals surface area contributed by atoms with E-state index in [0.717, 1.165) is 11.3 Å². The zero-order chi connectivity index (χ0) is 17.3. The van der Waals surface area contributed by atoms with Crippen LogP contribution >= 0.6 is 0 Å².